The lowest BCUT2D eigenvalue weighted by atomic mass is 10.2. The molecule has 0 unspecified atom stereocenters. The standard InChI is InChI=1S/C13H16N6/c1-19-5-4-16-13(19)2-3-15-12-7-11-9(6-10(12)14)8-17-18-11/h4-8,15H,2-3,14H2,1H3,(H,17,18). The Hall–Kier alpha value is -2.50. The van der Waals surface area contributed by atoms with Gasteiger partial charge in [0.1, 0.15) is 5.82 Å². The summed E-state index contributed by atoms with van der Waals surface area (Å²) in [4.78, 5) is 4.29. The molecular weight excluding hydrogens is 240 g/mol. The average molecular weight is 256 g/mol. The number of benzene rings is 1. The van der Waals surface area contributed by atoms with Crippen molar-refractivity contribution in [3.05, 3.63) is 36.5 Å². The summed E-state index contributed by atoms with van der Waals surface area (Å²) in [6.45, 7) is 0.786. The number of imidazole rings is 1. The van der Waals surface area contributed by atoms with Gasteiger partial charge in [0.2, 0.25) is 0 Å². The lowest BCUT2D eigenvalue weighted by Crippen LogP contribution is -2.09. The first-order valence-corrected chi connectivity index (χ1v) is 6.17. The molecule has 19 heavy (non-hydrogen) atoms. The van der Waals surface area contributed by atoms with Crippen molar-refractivity contribution in [3.8, 4) is 0 Å². The number of nitrogens with zero attached hydrogens (tertiary/aromatic N) is 3. The Bertz CT molecular complexity index is 696. The van der Waals surface area contributed by atoms with Gasteiger partial charge in [-0.1, -0.05) is 0 Å². The molecule has 2 aromatic heterocycles. The van der Waals surface area contributed by atoms with Crippen LogP contribution in [-0.4, -0.2) is 26.3 Å². The van der Waals surface area contributed by atoms with Gasteiger partial charge in [0.15, 0.2) is 0 Å². The van der Waals surface area contributed by atoms with Crippen LogP contribution in [0.5, 0.6) is 0 Å². The molecule has 1 aromatic carbocycles. The molecule has 0 saturated heterocycles. The predicted molar refractivity (Wildman–Crippen MR) is 75.9 cm³/mol. The zero-order chi connectivity index (χ0) is 13.2. The maximum absolute atomic E-state index is 6.01. The first kappa shape index (κ1) is 11.6. The van der Waals surface area contributed by atoms with Gasteiger partial charge in [-0.25, -0.2) is 4.98 Å². The number of nitrogens with two attached hydrogens (primary N) is 1. The van der Waals surface area contributed by atoms with Crippen molar-refractivity contribution in [2.24, 2.45) is 7.05 Å². The molecule has 0 amide bonds. The van der Waals surface area contributed by atoms with Gasteiger partial charge in [-0.15, -0.1) is 0 Å². The third kappa shape index (κ3) is 2.24. The number of anilines is 2. The van der Waals surface area contributed by atoms with Crippen molar-refractivity contribution in [3.63, 3.8) is 0 Å². The van der Waals surface area contributed by atoms with E-state index in [4.69, 9.17) is 5.73 Å². The van der Waals surface area contributed by atoms with Crippen LogP contribution in [0.15, 0.2) is 30.7 Å². The fourth-order valence-electron chi connectivity index (χ4n) is 2.11. The highest BCUT2D eigenvalue weighted by atomic mass is 15.1. The molecule has 6 nitrogen and oxygen atoms in total. The maximum atomic E-state index is 6.01. The van der Waals surface area contributed by atoms with Crippen LogP contribution in [-0.2, 0) is 13.5 Å². The second-order valence-corrected chi connectivity index (χ2v) is 4.53. The van der Waals surface area contributed by atoms with Crippen molar-refractivity contribution < 1.29 is 0 Å². The number of hydrogen-bond acceptors (Lipinski definition) is 4. The summed E-state index contributed by atoms with van der Waals surface area (Å²) < 4.78 is 2.02. The lowest BCUT2D eigenvalue weighted by molar-refractivity contribution is 0.790. The van der Waals surface area contributed by atoms with Crippen LogP contribution in [0, 0.1) is 0 Å². The third-order valence-electron chi connectivity index (χ3n) is 3.20. The van der Waals surface area contributed by atoms with Crippen LogP contribution in [0.1, 0.15) is 5.82 Å². The summed E-state index contributed by atoms with van der Waals surface area (Å²) in [5.74, 6) is 1.05. The normalized spacial score (nSPS) is 11.0. The Kier molecular flexibility index (Phi) is 2.83. The van der Waals surface area contributed by atoms with Gasteiger partial charge in [-0.2, -0.15) is 5.10 Å². The summed E-state index contributed by atoms with van der Waals surface area (Å²) in [6, 6.07) is 3.90. The van der Waals surface area contributed by atoms with Crippen molar-refractivity contribution in [1.82, 2.24) is 19.7 Å². The fraction of sp³-hybridized carbons (Fsp3) is 0.231. The lowest BCUT2D eigenvalue weighted by Gasteiger charge is -2.09. The molecule has 98 valence electrons. The first-order valence-electron chi connectivity index (χ1n) is 6.17. The second-order valence-electron chi connectivity index (χ2n) is 4.53. The number of hydrogen-bond donors (Lipinski definition) is 3. The van der Waals surface area contributed by atoms with Gasteiger partial charge in [0.05, 0.1) is 23.1 Å². The molecule has 0 aliphatic rings. The number of fused-ring (bicyclic) bond motifs is 1. The molecule has 3 aromatic rings. The summed E-state index contributed by atoms with van der Waals surface area (Å²) in [5, 5.41) is 11.3. The van der Waals surface area contributed by atoms with Crippen molar-refractivity contribution in [1.29, 1.82) is 0 Å². The highest BCUT2D eigenvalue weighted by Crippen LogP contribution is 2.24. The zero-order valence-electron chi connectivity index (χ0n) is 10.7. The van der Waals surface area contributed by atoms with E-state index in [0.29, 0.717) is 0 Å². The number of aryl methyl sites for hydroxylation is 1. The molecule has 0 radical (unpaired) electrons. The minimum atomic E-state index is 0.730. The Labute approximate surface area is 110 Å². The van der Waals surface area contributed by atoms with Crippen molar-refractivity contribution in [2.45, 2.75) is 6.42 Å². The summed E-state index contributed by atoms with van der Waals surface area (Å²) in [5.41, 5.74) is 8.64. The fourth-order valence-corrected chi connectivity index (χ4v) is 2.11. The predicted octanol–water partition coefficient (Wildman–Crippen LogP) is 1.53. The Morgan fingerprint density at radius 3 is 3.11 bits per heavy atom. The number of H-pyrrole nitrogens is 1. The van der Waals surface area contributed by atoms with Gasteiger partial charge < -0.3 is 15.6 Å². The number of nitrogens with one attached hydrogen (secondary N) is 2. The largest absolute Gasteiger partial charge is 0.397 e. The van der Waals surface area contributed by atoms with Crippen molar-refractivity contribution in [2.75, 3.05) is 17.6 Å². The smallest absolute Gasteiger partial charge is 0.110 e. The van der Waals surface area contributed by atoms with E-state index in [1.54, 1.807) is 12.4 Å². The minimum Gasteiger partial charge on any atom is -0.397 e. The third-order valence-corrected chi connectivity index (χ3v) is 3.20. The van der Waals surface area contributed by atoms with E-state index in [0.717, 1.165) is 41.1 Å². The summed E-state index contributed by atoms with van der Waals surface area (Å²) >= 11 is 0. The monoisotopic (exact) mass is 256 g/mol. The number of aromatic nitrogens is 4. The first-order chi connectivity index (χ1) is 9.24. The Morgan fingerprint density at radius 2 is 2.32 bits per heavy atom. The molecule has 6 heteroatoms. The van der Waals surface area contributed by atoms with E-state index in [9.17, 15) is 0 Å². The Morgan fingerprint density at radius 1 is 1.42 bits per heavy atom. The van der Waals surface area contributed by atoms with Crippen LogP contribution >= 0.6 is 0 Å². The van der Waals surface area contributed by atoms with Crippen LogP contribution in [0.4, 0.5) is 11.4 Å². The molecule has 4 N–H and O–H groups in total. The van der Waals surface area contributed by atoms with E-state index in [1.807, 2.05) is 29.9 Å². The molecule has 0 fully saturated rings. The quantitative estimate of drug-likeness (QED) is 0.618. The number of aromatic amines is 1. The highest BCUT2D eigenvalue weighted by molar-refractivity contribution is 5.88. The van der Waals surface area contributed by atoms with E-state index >= 15 is 0 Å². The van der Waals surface area contributed by atoms with Crippen LogP contribution in [0.2, 0.25) is 0 Å². The molecule has 0 atom stereocenters. The van der Waals surface area contributed by atoms with Crippen LogP contribution in [0.25, 0.3) is 10.9 Å². The van der Waals surface area contributed by atoms with Gasteiger partial charge in [-0.05, 0) is 12.1 Å². The molecule has 0 bridgehead atoms. The SMILES string of the molecule is Cn1ccnc1CCNc1cc2[nH]ncc2cc1N. The van der Waals surface area contributed by atoms with Crippen LogP contribution in [0.3, 0.4) is 0 Å². The van der Waals surface area contributed by atoms with E-state index in [-0.39, 0.29) is 0 Å². The molecule has 2 heterocycles. The maximum Gasteiger partial charge on any atom is 0.110 e. The second kappa shape index (κ2) is 4.64. The zero-order valence-corrected chi connectivity index (χ0v) is 10.7. The van der Waals surface area contributed by atoms with Crippen LogP contribution < -0.4 is 11.1 Å². The van der Waals surface area contributed by atoms with E-state index in [2.05, 4.69) is 20.5 Å². The summed E-state index contributed by atoms with van der Waals surface area (Å²) in [6.07, 6.45) is 6.37. The van der Waals surface area contributed by atoms with E-state index < -0.39 is 0 Å². The minimum absolute atomic E-state index is 0.730. The molecule has 0 spiro atoms. The molecule has 0 saturated carbocycles. The van der Waals surface area contributed by atoms with Gasteiger partial charge in [0, 0.05) is 37.8 Å². The highest BCUT2D eigenvalue weighted by Gasteiger charge is 2.04. The van der Waals surface area contributed by atoms with Gasteiger partial charge in [0.25, 0.3) is 0 Å². The number of rotatable bonds is 4. The molecule has 0 aliphatic carbocycles. The summed E-state index contributed by atoms with van der Waals surface area (Å²) in [7, 11) is 1.99. The van der Waals surface area contributed by atoms with Gasteiger partial charge >= 0.3 is 0 Å². The molecule has 0 aliphatic heterocycles. The van der Waals surface area contributed by atoms with Gasteiger partial charge in [-0.3, -0.25) is 5.10 Å². The Balaban J connectivity index is 1.71. The van der Waals surface area contributed by atoms with Crippen molar-refractivity contribution >= 4 is 22.3 Å². The molecular formula is C13H16N6. The van der Waals surface area contributed by atoms with E-state index in [1.165, 1.54) is 0 Å². The number of nitrogen functional groups attached to an aromatic ring is 1. The average Bonchev–Trinajstić information content (AvgIpc) is 2.99. The molecule has 3 rings (SSSR count). The topological polar surface area (TPSA) is 84.5 Å².